The first-order valence-electron chi connectivity index (χ1n) is 6.48. The average Bonchev–Trinajstić information content (AvgIpc) is 2.40. The molecule has 2 aromatic carbocycles. The van der Waals surface area contributed by atoms with E-state index in [4.69, 9.17) is 4.74 Å². The van der Waals surface area contributed by atoms with E-state index in [2.05, 4.69) is 6.07 Å². The van der Waals surface area contributed by atoms with Crippen LogP contribution in [0, 0.1) is 13.8 Å². The maximum Gasteiger partial charge on any atom is 0.338 e. The van der Waals surface area contributed by atoms with Crippen molar-refractivity contribution in [2.45, 2.75) is 20.8 Å². The summed E-state index contributed by atoms with van der Waals surface area (Å²) >= 11 is 0. The van der Waals surface area contributed by atoms with Crippen molar-refractivity contribution in [1.29, 1.82) is 0 Å². The largest absolute Gasteiger partial charge is 0.462 e. The lowest BCUT2D eigenvalue weighted by Gasteiger charge is -2.13. The van der Waals surface area contributed by atoms with Crippen LogP contribution in [0.15, 0.2) is 42.5 Å². The summed E-state index contributed by atoms with van der Waals surface area (Å²) in [5.41, 5.74) is 4.81. The predicted octanol–water partition coefficient (Wildman–Crippen LogP) is 4.15. The van der Waals surface area contributed by atoms with Gasteiger partial charge in [-0.2, -0.15) is 0 Å². The number of carbonyl (C=O) groups is 1. The Balaban J connectivity index is 2.55. The maximum atomic E-state index is 12.0. The smallest absolute Gasteiger partial charge is 0.338 e. The molecule has 19 heavy (non-hydrogen) atoms. The first-order valence-corrected chi connectivity index (χ1v) is 6.48. The van der Waals surface area contributed by atoms with Gasteiger partial charge < -0.3 is 4.74 Å². The van der Waals surface area contributed by atoms with Crippen LogP contribution in [0.1, 0.15) is 28.4 Å². The molecule has 0 N–H and O–H groups in total. The number of hydrogen-bond donors (Lipinski definition) is 0. The molecule has 0 saturated heterocycles. The molecule has 0 atom stereocenters. The van der Waals surface area contributed by atoms with Gasteiger partial charge in [0.25, 0.3) is 0 Å². The van der Waals surface area contributed by atoms with Crippen molar-refractivity contribution in [3.8, 4) is 11.1 Å². The van der Waals surface area contributed by atoms with Gasteiger partial charge in [-0.15, -0.1) is 0 Å². The lowest BCUT2D eigenvalue weighted by atomic mass is 9.93. The highest BCUT2D eigenvalue weighted by atomic mass is 16.5. The summed E-state index contributed by atoms with van der Waals surface area (Å²) < 4.78 is 5.14. The van der Waals surface area contributed by atoms with Crippen molar-refractivity contribution in [2.75, 3.05) is 6.61 Å². The molecule has 0 amide bonds. The van der Waals surface area contributed by atoms with Gasteiger partial charge in [-0.05, 0) is 43.0 Å². The first kappa shape index (κ1) is 13.3. The Hall–Kier alpha value is -2.09. The quantitative estimate of drug-likeness (QED) is 0.769. The molecule has 0 aliphatic heterocycles. The van der Waals surface area contributed by atoms with E-state index in [1.807, 2.05) is 57.2 Å². The molecule has 0 aromatic heterocycles. The Kier molecular flexibility index (Phi) is 4.00. The number of hydrogen-bond acceptors (Lipinski definition) is 2. The van der Waals surface area contributed by atoms with Gasteiger partial charge in [-0.3, -0.25) is 0 Å². The van der Waals surface area contributed by atoms with Crippen LogP contribution in [-0.2, 0) is 4.74 Å². The van der Waals surface area contributed by atoms with E-state index in [9.17, 15) is 4.79 Å². The molecule has 0 aliphatic rings. The number of rotatable bonds is 3. The third-order valence-electron chi connectivity index (χ3n) is 3.24. The van der Waals surface area contributed by atoms with Crippen molar-refractivity contribution in [1.82, 2.24) is 0 Å². The van der Waals surface area contributed by atoms with Gasteiger partial charge in [0.2, 0.25) is 0 Å². The minimum atomic E-state index is -0.240. The van der Waals surface area contributed by atoms with Crippen LogP contribution in [0.2, 0.25) is 0 Å². The zero-order valence-corrected chi connectivity index (χ0v) is 11.6. The average molecular weight is 254 g/mol. The number of esters is 1. The highest BCUT2D eigenvalue weighted by Gasteiger charge is 2.16. The molecule has 0 aliphatic carbocycles. The molecule has 2 aromatic rings. The van der Waals surface area contributed by atoms with Crippen LogP contribution in [0.25, 0.3) is 11.1 Å². The molecule has 0 saturated carbocycles. The van der Waals surface area contributed by atoms with E-state index >= 15 is 0 Å². The summed E-state index contributed by atoms with van der Waals surface area (Å²) in [6.07, 6.45) is 0. The van der Waals surface area contributed by atoms with Crippen molar-refractivity contribution in [2.24, 2.45) is 0 Å². The monoisotopic (exact) mass is 254 g/mol. The van der Waals surface area contributed by atoms with E-state index in [0.29, 0.717) is 12.2 Å². The summed E-state index contributed by atoms with van der Waals surface area (Å²) in [6, 6.07) is 14.1. The third-order valence-corrected chi connectivity index (χ3v) is 3.24. The first-order chi connectivity index (χ1) is 9.15. The Bertz CT molecular complexity index is 586. The van der Waals surface area contributed by atoms with Crippen molar-refractivity contribution < 1.29 is 9.53 Å². The lowest BCUT2D eigenvalue weighted by Crippen LogP contribution is -2.09. The van der Waals surface area contributed by atoms with Crippen molar-refractivity contribution in [3.05, 3.63) is 59.2 Å². The van der Waals surface area contributed by atoms with Gasteiger partial charge in [0.05, 0.1) is 12.2 Å². The molecular weight excluding hydrogens is 236 g/mol. The molecular formula is C17H18O2. The van der Waals surface area contributed by atoms with E-state index in [1.165, 1.54) is 0 Å². The standard InChI is InChI=1S/C17H18O2/c1-4-19-17(18)16-12(2)10-11-15(13(16)3)14-8-6-5-7-9-14/h5-11H,4H2,1-3H3. The SMILES string of the molecule is CCOC(=O)c1c(C)ccc(-c2ccccc2)c1C. The minimum Gasteiger partial charge on any atom is -0.462 e. The molecule has 98 valence electrons. The van der Waals surface area contributed by atoms with E-state index in [0.717, 1.165) is 22.3 Å². The zero-order chi connectivity index (χ0) is 13.8. The Morgan fingerprint density at radius 1 is 1.05 bits per heavy atom. The molecule has 0 radical (unpaired) electrons. The van der Waals surface area contributed by atoms with Crippen LogP contribution in [0.3, 0.4) is 0 Å². The summed E-state index contributed by atoms with van der Waals surface area (Å²) in [6.45, 7) is 6.13. The van der Waals surface area contributed by atoms with Crippen molar-refractivity contribution >= 4 is 5.97 Å². The predicted molar refractivity (Wildman–Crippen MR) is 77.3 cm³/mol. The summed E-state index contributed by atoms with van der Waals surface area (Å²) in [4.78, 5) is 12.0. The van der Waals surface area contributed by atoms with Crippen LogP contribution < -0.4 is 0 Å². The molecule has 2 rings (SSSR count). The molecule has 0 bridgehead atoms. The highest BCUT2D eigenvalue weighted by Crippen LogP contribution is 2.28. The molecule has 0 spiro atoms. The van der Waals surface area contributed by atoms with Crippen LogP contribution in [-0.4, -0.2) is 12.6 Å². The van der Waals surface area contributed by atoms with Crippen LogP contribution >= 0.6 is 0 Å². The fraction of sp³-hybridized carbons (Fsp3) is 0.235. The van der Waals surface area contributed by atoms with Crippen LogP contribution in [0.5, 0.6) is 0 Å². The van der Waals surface area contributed by atoms with Gasteiger partial charge in [-0.25, -0.2) is 4.79 Å². The van der Waals surface area contributed by atoms with Gasteiger partial charge in [0.1, 0.15) is 0 Å². The van der Waals surface area contributed by atoms with Gasteiger partial charge in [0.15, 0.2) is 0 Å². The molecule has 2 nitrogen and oxygen atoms in total. The zero-order valence-electron chi connectivity index (χ0n) is 11.6. The molecule has 0 heterocycles. The summed E-state index contributed by atoms with van der Waals surface area (Å²) in [5.74, 6) is -0.240. The lowest BCUT2D eigenvalue weighted by molar-refractivity contribution is 0.0525. The minimum absolute atomic E-state index is 0.240. The van der Waals surface area contributed by atoms with Crippen molar-refractivity contribution in [3.63, 3.8) is 0 Å². The number of aryl methyl sites for hydroxylation is 1. The van der Waals surface area contributed by atoms with Gasteiger partial charge in [0, 0.05) is 0 Å². The fourth-order valence-corrected chi connectivity index (χ4v) is 2.29. The number of ether oxygens (including phenoxy) is 1. The Morgan fingerprint density at radius 2 is 1.74 bits per heavy atom. The topological polar surface area (TPSA) is 26.3 Å². The molecule has 0 unspecified atom stereocenters. The van der Waals surface area contributed by atoms with E-state index in [-0.39, 0.29) is 5.97 Å². The Labute approximate surface area is 114 Å². The maximum absolute atomic E-state index is 12.0. The van der Waals surface area contributed by atoms with E-state index < -0.39 is 0 Å². The summed E-state index contributed by atoms with van der Waals surface area (Å²) in [7, 11) is 0. The number of benzene rings is 2. The molecule has 0 fully saturated rings. The number of carbonyl (C=O) groups excluding carboxylic acids is 1. The second kappa shape index (κ2) is 5.70. The van der Waals surface area contributed by atoms with E-state index in [1.54, 1.807) is 0 Å². The third kappa shape index (κ3) is 2.68. The highest BCUT2D eigenvalue weighted by molar-refractivity contribution is 5.95. The van der Waals surface area contributed by atoms with Gasteiger partial charge >= 0.3 is 5.97 Å². The van der Waals surface area contributed by atoms with Gasteiger partial charge in [-0.1, -0.05) is 42.5 Å². The fourth-order valence-electron chi connectivity index (χ4n) is 2.29. The van der Waals surface area contributed by atoms with Crippen LogP contribution in [0.4, 0.5) is 0 Å². The second-order valence-electron chi connectivity index (χ2n) is 4.52. The summed E-state index contributed by atoms with van der Waals surface area (Å²) in [5, 5.41) is 0. The Morgan fingerprint density at radius 3 is 2.37 bits per heavy atom. The second-order valence-corrected chi connectivity index (χ2v) is 4.52. The normalized spacial score (nSPS) is 10.3. The molecule has 2 heteroatoms.